The van der Waals surface area contributed by atoms with Crippen LogP contribution in [0.5, 0.6) is 0 Å². The monoisotopic (exact) mass is 270 g/mol. The second kappa shape index (κ2) is 5.21. The molecular weight excluding hydrogens is 252 g/mol. The number of nitrogens with one attached hydrogen (secondary N) is 1. The minimum Gasteiger partial charge on any atom is -0.368 e. The number of aryl methyl sites for hydroxylation is 1. The molecule has 1 saturated heterocycles. The minimum absolute atomic E-state index is 0.0584. The van der Waals surface area contributed by atoms with Gasteiger partial charge in [0.1, 0.15) is 6.10 Å². The molecule has 1 aromatic carbocycles. The summed E-state index contributed by atoms with van der Waals surface area (Å²) in [4.78, 5) is 16.6. The molecule has 1 amide bonds. The summed E-state index contributed by atoms with van der Waals surface area (Å²) in [5.41, 5.74) is 1.78. The van der Waals surface area contributed by atoms with Crippen LogP contribution in [-0.4, -0.2) is 23.6 Å². The van der Waals surface area contributed by atoms with Crippen molar-refractivity contribution < 1.29 is 9.53 Å². The summed E-state index contributed by atoms with van der Waals surface area (Å²) in [6.45, 7) is 4.68. The van der Waals surface area contributed by atoms with E-state index >= 15 is 0 Å². The molecule has 0 spiro atoms. The number of benzene rings is 1. The molecule has 0 bridgehead atoms. The summed E-state index contributed by atoms with van der Waals surface area (Å²) >= 11 is 0. The third-order valence-corrected chi connectivity index (χ3v) is 3.91. The Morgan fingerprint density at radius 3 is 2.95 bits per heavy atom. The number of carbonyl (C=O) groups is 1. The molecule has 20 heavy (non-hydrogen) atoms. The van der Waals surface area contributed by atoms with Crippen LogP contribution in [0.3, 0.4) is 0 Å². The Kier molecular flexibility index (Phi) is 3.40. The lowest BCUT2D eigenvalue weighted by Crippen LogP contribution is -2.31. The maximum Gasteiger partial charge on any atom is 0.253 e. The van der Waals surface area contributed by atoms with Crippen molar-refractivity contribution >= 4 is 22.4 Å². The maximum absolute atomic E-state index is 12.3. The molecular formula is C16H18N2O2. The molecule has 0 aliphatic carbocycles. The van der Waals surface area contributed by atoms with Gasteiger partial charge in [0.25, 0.3) is 5.91 Å². The Balaban J connectivity index is 1.91. The molecule has 4 nitrogen and oxygen atoms in total. The number of rotatable bonds is 2. The highest BCUT2D eigenvalue weighted by molar-refractivity contribution is 6.04. The van der Waals surface area contributed by atoms with E-state index in [4.69, 9.17) is 4.74 Å². The van der Waals surface area contributed by atoms with Crippen LogP contribution in [0.4, 0.5) is 5.69 Å². The predicted molar refractivity (Wildman–Crippen MR) is 78.6 cm³/mol. The van der Waals surface area contributed by atoms with Gasteiger partial charge in [0.2, 0.25) is 0 Å². The second-order valence-electron chi connectivity index (χ2n) is 5.34. The summed E-state index contributed by atoms with van der Waals surface area (Å²) in [5, 5.41) is 5.07. The predicted octanol–water partition coefficient (Wildman–Crippen LogP) is 2.91. The Morgan fingerprint density at radius 2 is 2.20 bits per heavy atom. The first kappa shape index (κ1) is 13.1. The average Bonchev–Trinajstić information content (AvgIpc) is 2.86. The van der Waals surface area contributed by atoms with Gasteiger partial charge in [-0.2, -0.15) is 0 Å². The molecule has 0 saturated carbocycles. The first-order valence-electron chi connectivity index (χ1n) is 6.93. The second-order valence-corrected chi connectivity index (χ2v) is 5.34. The zero-order chi connectivity index (χ0) is 14.1. The topological polar surface area (TPSA) is 51.2 Å². The molecule has 1 aliphatic rings. The Morgan fingerprint density at radius 1 is 1.35 bits per heavy atom. The van der Waals surface area contributed by atoms with Gasteiger partial charge >= 0.3 is 0 Å². The van der Waals surface area contributed by atoms with Crippen LogP contribution in [0.25, 0.3) is 10.8 Å². The molecule has 2 heterocycles. The van der Waals surface area contributed by atoms with Gasteiger partial charge in [-0.15, -0.1) is 0 Å². The van der Waals surface area contributed by atoms with Crippen LogP contribution in [0, 0.1) is 12.8 Å². The average molecular weight is 270 g/mol. The van der Waals surface area contributed by atoms with Crippen LogP contribution >= 0.6 is 0 Å². The number of fused-ring (bicyclic) bond motifs is 1. The smallest absolute Gasteiger partial charge is 0.253 e. The number of nitrogens with zero attached hydrogens (tertiary/aromatic N) is 1. The number of pyridine rings is 1. The number of aromatic nitrogens is 1. The lowest BCUT2D eigenvalue weighted by molar-refractivity contribution is -0.126. The fourth-order valence-electron chi connectivity index (χ4n) is 2.70. The van der Waals surface area contributed by atoms with Gasteiger partial charge < -0.3 is 10.1 Å². The lowest BCUT2D eigenvalue weighted by Gasteiger charge is -2.16. The summed E-state index contributed by atoms with van der Waals surface area (Å²) in [6.07, 6.45) is 2.37. The van der Waals surface area contributed by atoms with Gasteiger partial charge in [-0.05, 0) is 31.4 Å². The fourth-order valence-corrected chi connectivity index (χ4v) is 2.70. The molecule has 2 atom stereocenters. The number of amides is 1. The van der Waals surface area contributed by atoms with Crippen molar-refractivity contribution in [2.45, 2.75) is 26.4 Å². The van der Waals surface area contributed by atoms with Crippen LogP contribution in [0.2, 0.25) is 0 Å². The Hall–Kier alpha value is -1.94. The first-order chi connectivity index (χ1) is 9.66. The van der Waals surface area contributed by atoms with Crippen molar-refractivity contribution in [2.24, 2.45) is 5.92 Å². The van der Waals surface area contributed by atoms with E-state index in [-0.39, 0.29) is 17.9 Å². The van der Waals surface area contributed by atoms with E-state index in [0.29, 0.717) is 6.61 Å². The highest BCUT2D eigenvalue weighted by atomic mass is 16.5. The highest BCUT2D eigenvalue weighted by Crippen LogP contribution is 2.26. The van der Waals surface area contributed by atoms with Crippen molar-refractivity contribution in [3.63, 3.8) is 0 Å². The van der Waals surface area contributed by atoms with Crippen molar-refractivity contribution in [3.8, 4) is 0 Å². The Bertz CT molecular complexity index is 654. The molecule has 1 aliphatic heterocycles. The van der Waals surface area contributed by atoms with Crippen LogP contribution < -0.4 is 5.32 Å². The minimum atomic E-state index is -0.340. The summed E-state index contributed by atoms with van der Waals surface area (Å²) in [6, 6.07) is 7.80. The third-order valence-electron chi connectivity index (χ3n) is 3.91. The number of hydrogen-bond donors (Lipinski definition) is 1. The molecule has 0 radical (unpaired) electrons. The highest BCUT2D eigenvalue weighted by Gasteiger charge is 2.31. The molecule has 1 N–H and O–H groups in total. The summed E-state index contributed by atoms with van der Waals surface area (Å²) in [5.74, 6) is 0.213. The van der Waals surface area contributed by atoms with Crippen LogP contribution in [-0.2, 0) is 9.53 Å². The number of carbonyl (C=O) groups excluding carboxylic acids is 1. The quantitative estimate of drug-likeness (QED) is 0.913. The van der Waals surface area contributed by atoms with E-state index in [2.05, 4.69) is 17.2 Å². The first-order valence-corrected chi connectivity index (χ1v) is 6.93. The third kappa shape index (κ3) is 2.27. The van der Waals surface area contributed by atoms with Crippen molar-refractivity contribution in [3.05, 3.63) is 36.2 Å². The molecule has 4 heteroatoms. The van der Waals surface area contributed by atoms with E-state index in [1.807, 2.05) is 31.2 Å². The maximum atomic E-state index is 12.3. The summed E-state index contributed by atoms with van der Waals surface area (Å²) in [7, 11) is 0. The number of hydrogen-bond acceptors (Lipinski definition) is 3. The van der Waals surface area contributed by atoms with E-state index in [0.717, 1.165) is 28.6 Å². The standard InChI is InChI=1S/C16H18N2O2/c1-10-7-9-20-15(10)16(19)18-14-5-3-4-12-11(2)17-8-6-13(12)14/h3-6,8,10,15H,7,9H2,1-2H3,(H,18,19)/t10-,15+/m1/s1. The van der Waals surface area contributed by atoms with Gasteiger partial charge in [0.05, 0.1) is 0 Å². The molecule has 104 valence electrons. The molecule has 2 aromatic rings. The van der Waals surface area contributed by atoms with Gasteiger partial charge in [0, 0.05) is 35.0 Å². The van der Waals surface area contributed by atoms with Crippen molar-refractivity contribution in [2.75, 3.05) is 11.9 Å². The molecule has 0 unspecified atom stereocenters. The summed E-state index contributed by atoms with van der Waals surface area (Å²) < 4.78 is 5.51. The van der Waals surface area contributed by atoms with E-state index in [1.165, 1.54) is 0 Å². The zero-order valence-corrected chi connectivity index (χ0v) is 11.7. The van der Waals surface area contributed by atoms with E-state index in [1.54, 1.807) is 6.20 Å². The van der Waals surface area contributed by atoms with Crippen LogP contribution in [0.15, 0.2) is 30.5 Å². The SMILES string of the molecule is Cc1nccc2c(NC(=O)[C@H]3OCC[C@H]3C)cccc12. The van der Waals surface area contributed by atoms with E-state index < -0.39 is 0 Å². The molecule has 3 rings (SSSR count). The fraction of sp³-hybridized carbons (Fsp3) is 0.375. The van der Waals surface area contributed by atoms with E-state index in [9.17, 15) is 4.79 Å². The van der Waals surface area contributed by atoms with Gasteiger partial charge in [-0.25, -0.2) is 0 Å². The normalized spacial score (nSPS) is 22.1. The molecule has 1 aromatic heterocycles. The largest absolute Gasteiger partial charge is 0.368 e. The lowest BCUT2D eigenvalue weighted by atomic mass is 10.0. The van der Waals surface area contributed by atoms with Crippen LogP contribution in [0.1, 0.15) is 19.0 Å². The number of ether oxygens (including phenoxy) is 1. The van der Waals surface area contributed by atoms with Gasteiger partial charge in [-0.3, -0.25) is 9.78 Å². The zero-order valence-electron chi connectivity index (χ0n) is 11.7. The van der Waals surface area contributed by atoms with Crippen molar-refractivity contribution in [1.82, 2.24) is 4.98 Å². The van der Waals surface area contributed by atoms with Gasteiger partial charge in [-0.1, -0.05) is 19.1 Å². The molecule has 1 fully saturated rings. The van der Waals surface area contributed by atoms with Crippen molar-refractivity contribution in [1.29, 1.82) is 0 Å². The number of anilines is 1. The Labute approximate surface area is 118 Å². The van der Waals surface area contributed by atoms with Gasteiger partial charge in [0.15, 0.2) is 0 Å².